The molecule has 27 heavy (non-hydrogen) atoms. The summed E-state index contributed by atoms with van der Waals surface area (Å²) in [6.07, 6.45) is 0.944. The Bertz CT molecular complexity index is 758. The van der Waals surface area contributed by atoms with Crippen LogP contribution in [0, 0.1) is 0 Å². The van der Waals surface area contributed by atoms with Gasteiger partial charge in [-0.1, -0.05) is 30.7 Å². The Morgan fingerprint density at radius 2 is 1.93 bits per heavy atom. The lowest BCUT2D eigenvalue weighted by molar-refractivity contribution is -0.123. The number of carbonyl (C=O) groups excluding carboxylic acids is 1. The number of carbonyl (C=O) groups is 1. The highest BCUT2D eigenvalue weighted by Gasteiger charge is 2.21. The van der Waals surface area contributed by atoms with E-state index in [4.69, 9.17) is 16.0 Å². The van der Waals surface area contributed by atoms with E-state index < -0.39 is 0 Å². The summed E-state index contributed by atoms with van der Waals surface area (Å²) in [5, 5.41) is 11.9. The predicted molar refractivity (Wildman–Crippen MR) is 104 cm³/mol. The molecule has 3 rings (SSSR count). The number of aromatic nitrogens is 2. The molecule has 1 aromatic heterocycles. The Kier molecular flexibility index (Phi) is 6.82. The van der Waals surface area contributed by atoms with Gasteiger partial charge in [-0.25, -0.2) is 0 Å². The molecule has 1 atom stereocenters. The van der Waals surface area contributed by atoms with Gasteiger partial charge in [-0.2, -0.15) is 0 Å². The van der Waals surface area contributed by atoms with Crippen LogP contribution in [0.3, 0.4) is 0 Å². The van der Waals surface area contributed by atoms with Crippen LogP contribution in [0.4, 0.5) is 0 Å². The molecular formula is C19H26ClN5O2. The molecule has 0 aliphatic carbocycles. The molecule has 1 unspecified atom stereocenters. The topological polar surface area (TPSA) is 74.5 Å². The lowest BCUT2D eigenvalue weighted by atomic mass is 10.2. The summed E-state index contributed by atoms with van der Waals surface area (Å²) in [4.78, 5) is 16.4. The summed E-state index contributed by atoms with van der Waals surface area (Å²) in [6.45, 7) is 8.56. The average molecular weight is 392 g/mol. The van der Waals surface area contributed by atoms with E-state index in [-0.39, 0.29) is 11.9 Å². The number of amides is 1. The van der Waals surface area contributed by atoms with Crippen LogP contribution in [-0.4, -0.2) is 64.7 Å². The second kappa shape index (κ2) is 9.30. The van der Waals surface area contributed by atoms with Crippen molar-refractivity contribution in [3.8, 4) is 11.5 Å². The maximum atomic E-state index is 12.0. The van der Waals surface area contributed by atoms with Crippen LogP contribution in [0.2, 0.25) is 5.02 Å². The number of hydrogen-bond acceptors (Lipinski definition) is 6. The molecule has 0 bridgehead atoms. The van der Waals surface area contributed by atoms with E-state index in [9.17, 15) is 4.79 Å². The molecular weight excluding hydrogens is 366 g/mol. The predicted octanol–water partition coefficient (Wildman–Crippen LogP) is 2.42. The lowest BCUT2D eigenvalue weighted by Crippen LogP contribution is -2.49. The Labute approximate surface area is 164 Å². The SMILES string of the molecule is CCC(C)NC(=O)CN1CCN(Cc2nnc(-c3ccccc3Cl)o2)CC1. The van der Waals surface area contributed by atoms with Crippen molar-refractivity contribution in [1.29, 1.82) is 0 Å². The van der Waals surface area contributed by atoms with E-state index in [0.717, 1.165) is 38.2 Å². The van der Waals surface area contributed by atoms with E-state index in [2.05, 4.69) is 32.2 Å². The molecule has 0 radical (unpaired) electrons. The molecule has 1 N–H and O–H groups in total. The first-order valence-corrected chi connectivity index (χ1v) is 9.74. The van der Waals surface area contributed by atoms with Crippen LogP contribution >= 0.6 is 11.6 Å². The van der Waals surface area contributed by atoms with E-state index in [1.807, 2.05) is 25.1 Å². The fraction of sp³-hybridized carbons (Fsp3) is 0.526. The van der Waals surface area contributed by atoms with Crippen LogP contribution in [-0.2, 0) is 11.3 Å². The second-order valence-corrected chi connectivity index (χ2v) is 7.32. The number of nitrogens with zero attached hydrogens (tertiary/aromatic N) is 4. The summed E-state index contributed by atoms with van der Waals surface area (Å²) < 4.78 is 5.77. The van der Waals surface area contributed by atoms with Crippen molar-refractivity contribution in [2.45, 2.75) is 32.9 Å². The fourth-order valence-electron chi connectivity index (χ4n) is 2.98. The van der Waals surface area contributed by atoms with E-state index in [0.29, 0.717) is 29.9 Å². The number of benzene rings is 1. The van der Waals surface area contributed by atoms with Crippen molar-refractivity contribution in [3.05, 3.63) is 35.2 Å². The van der Waals surface area contributed by atoms with Gasteiger partial charge in [-0.15, -0.1) is 10.2 Å². The minimum atomic E-state index is 0.0964. The van der Waals surface area contributed by atoms with Gasteiger partial charge in [0.05, 0.1) is 23.7 Å². The van der Waals surface area contributed by atoms with Crippen LogP contribution in [0.15, 0.2) is 28.7 Å². The quantitative estimate of drug-likeness (QED) is 0.781. The molecule has 1 aromatic carbocycles. The molecule has 0 saturated carbocycles. The highest BCUT2D eigenvalue weighted by molar-refractivity contribution is 6.33. The Morgan fingerprint density at radius 1 is 1.22 bits per heavy atom. The lowest BCUT2D eigenvalue weighted by Gasteiger charge is -2.33. The number of rotatable bonds is 7. The molecule has 1 amide bonds. The fourth-order valence-corrected chi connectivity index (χ4v) is 3.20. The van der Waals surface area contributed by atoms with Crippen LogP contribution in [0.5, 0.6) is 0 Å². The zero-order valence-electron chi connectivity index (χ0n) is 15.8. The highest BCUT2D eigenvalue weighted by atomic mass is 35.5. The van der Waals surface area contributed by atoms with Crippen LogP contribution < -0.4 is 5.32 Å². The third kappa shape index (κ3) is 5.51. The molecule has 1 aliphatic heterocycles. The number of nitrogens with one attached hydrogen (secondary N) is 1. The highest BCUT2D eigenvalue weighted by Crippen LogP contribution is 2.26. The van der Waals surface area contributed by atoms with Crippen LogP contribution in [0.25, 0.3) is 11.5 Å². The van der Waals surface area contributed by atoms with Crippen molar-refractivity contribution in [1.82, 2.24) is 25.3 Å². The van der Waals surface area contributed by atoms with E-state index in [1.54, 1.807) is 6.07 Å². The summed E-state index contributed by atoms with van der Waals surface area (Å²) in [7, 11) is 0. The molecule has 2 aromatic rings. The Balaban J connectivity index is 1.47. The zero-order valence-corrected chi connectivity index (χ0v) is 16.6. The van der Waals surface area contributed by atoms with E-state index >= 15 is 0 Å². The van der Waals surface area contributed by atoms with Crippen molar-refractivity contribution >= 4 is 17.5 Å². The van der Waals surface area contributed by atoms with Gasteiger partial charge >= 0.3 is 0 Å². The Hall–Kier alpha value is -1.96. The van der Waals surface area contributed by atoms with Gasteiger partial charge in [-0.05, 0) is 25.5 Å². The first-order chi connectivity index (χ1) is 13.0. The summed E-state index contributed by atoms with van der Waals surface area (Å²) in [6, 6.07) is 7.65. The summed E-state index contributed by atoms with van der Waals surface area (Å²) in [5.41, 5.74) is 0.745. The van der Waals surface area contributed by atoms with Gasteiger partial charge in [0.15, 0.2) is 0 Å². The maximum Gasteiger partial charge on any atom is 0.249 e. The number of halogens is 1. The zero-order chi connectivity index (χ0) is 19.2. The van der Waals surface area contributed by atoms with Crippen molar-refractivity contribution < 1.29 is 9.21 Å². The molecule has 0 spiro atoms. The molecule has 146 valence electrons. The molecule has 1 saturated heterocycles. The van der Waals surface area contributed by atoms with Crippen LogP contribution in [0.1, 0.15) is 26.2 Å². The third-order valence-corrected chi connectivity index (χ3v) is 5.11. The molecule has 7 nitrogen and oxygen atoms in total. The van der Waals surface area contributed by atoms with Gasteiger partial charge in [0, 0.05) is 32.2 Å². The molecule has 2 heterocycles. The molecule has 1 aliphatic rings. The second-order valence-electron chi connectivity index (χ2n) is 6.91. The number of hydrogen-bond donors (Lipinski definition) is 1. The van der Waals surface area contributed by atoms with Gasteiger partial charge in [0.2, 0.25) is 17.7 Å². The average Bonchev–Trinajstić information content (AvgIpc) is 3.11. The van der Waals surface area contributed by atoms with Crippen molar-refractivity contribution in [2.75, 3.05) is 32.7 Å². The largest absolute Gasteiger partial charge is 0.419 e. The summed E-state index contributed by atoms with van der Waals surface area (Å²) >= 11 is 6.18. The normalized spacial score (nSPS) is 17.0. The first-order valence-electron chi connectivity index (χ1n) is 9.36. The van der Waals surface area contributed by atoms with Gasteiger partial charge in [-0.3, -0.25) is 14.6 Å². The first kappa shape index (κ1) is 19.8. The standard InChI is InChI=1S/C19H26ClN5O2/c1-3-14(2)21-17(26)12-24-8-10-25(11-9-24)13-18-22-23-19(27-18)15-6-4-5-7-16(15)20/h4-7,14H,3,8-13H2,1-2H3,(H,21,26). The van der Waals surface area contributed by atoms with Gasteiger partial charge < -0.3 is 9.73 Å². The number of piperazine rings is 1. The van der Waals surface area contributed by atoms with E-state index in [1.165, 1.54) is 0 Å². The third-order valence-electron chi connectivity index (χ3n) is 4.78. The van der Waals surface area contributed by atoms with Gasteiger partial charge in [0.25, 0.3) is 0 Å². The van der Waals surface area contributed by atoms with Crippen molar-refractivity contribution in [2.24, 2.45) is 0 Å². The van der Waals surface area contributed by atoms with Crippen molar-refractivity contribution in [3.63, 3.8) is 0 Å². The monoisotopic (exact) mass is 391 g/mol. The minimum Gasteiger partial charge on any atom is -0.419 e. The Morgan fingerprint density at radius 3 is 2.63 bits per heavy atom. The summed E-state index contributed by atoms with van der Waals surface area (Å²) in [5.74, 6) is 1.11. The minimum absolute atomic E-state index is 0.0964. The van der Waals surface area contributed by atoms with Gasteiger partial charge in [0.1, 0.15) is 0 Å². The molecule has 1 fully saturated rings. The molecule has 8 heteroatoms. The smallest absolute Gasteiger partial charge is 0.249 e. The maximum absolute atomic E-state index is 12.0.